The van der Waals surface area contributed by atoms with E-state index in [0.29, 0.717) is 18.1 Å². The third kappa shape index (κ3) is 8.72. The molecule has 1 aromatic carbocycles. The molecule has 1 saturated heterocycles. The number of morpholine rings is 1. The third-order valence-corrected chi connectivity index (χ3v) is 5.35. The molecular weight excluding hydrogens is 545 g/mol. The molecule has 1 fully saturated rings. The fourth-order valence-corrected chi connectivity index (χ4v) is 3.22. The minimum absolute atomic E-state index is 0. The summed E-state index contributed by atoms with van der Waals surface area (Å²) in [4.78, 5) is 7.08. The highest BCUT2D eigenvalue weighted by Gasteiger charge is 2.11. The molecule has 1 aromatic heterocycles. The van der Waals surface area contributed by atoms with Gasteiger partial charge in [-0.15, -0.1) is 34.2 Å². The van der Waals surface area contributed by atoms with Gasteiger partial charge in [0.25, 0.3) is 0 Å². The number of halogens is 2. The molecule has 2 N–H and O–H groups in total. The molecular formula is C21H33ClIN7O2. The number of hydrogen-bond donors (Lipinski definition) is 2. The smallest absolute Gasteiger partial charge is 0.191 e. The molecule has 0 amide bonds. The van der Waals surface area contributed by atoms with E-state index in [0.717, 1.165) is 62.8 Å². The number of guanidine groups is 1. The Morgan fingerprint density at radius 3 is 2.59 bits per heavy atom. The number of aromatic nitrogens is 3. The molecule has 1 aliphatic heterocycles. The largest absolute Gasteiger partial charge is 0.489 e. The van der Waals surface area contributed by atoms with Crippen LogP contribution in [-0.4, -0.2) is 77.7 Å². The van der Waals surface area contributed by atoms with Crippen molar-refractivity contribution in [2.75, 3.05) is 45.9 Å². The van der Waals surface area contributed by atoms with Gasteiger partial charge in [0.05, 0.1) is 19.8 Å². The van der Waals surface area contributed by atoms with Crippen molar-refractivity contribution in [3.8, 4) is 5.75 Å². The second kappa shape index (κ2) is 13.8. The minimum Gasteiger partial charge on any atom is -0.489 e. The van der Waals surface area contributed by atoms with Gasteiger partial charge in [0, 0.05) is 38.2 Å². The summed E-state index contributed by atoms with van der Waals surface area (Å²) >= 11 is 5.94. The van der Waals surface area contributed by atoms with E-state index >= 15 is 0 Å². The van der Waals surface area contributed by atoms with Gasteiger partial charge in [-0.05, 0) is 38.1 Å². The molecule has 1 aliphatic rings. The Morgan fingerprint density at radius 1 is 1.22 bits per heavy atom. The van der Waals surface area contributed by atoms with Gasteiger partial charge in [-0.25, -0.2) is 4.99 Å². The summed E-state index contributed by atoms with van der Waals surface area (Å²) in [7, 11) is 1.95. The van der Waals surface area contributed by atoms with Gasteiger partial charge in [-0.3, -0.25) is 4.90 Å². The number of rotatable bonds is 9. The van der Waals surface area contributed by atoms with Crippen LogP contribution in [0.15, 0.2) is 29.3 Å². The summed E-state index contributed by atoms with van der Waals surface area (Å²) < 4.78 is 13.3. The molecule has 2 aromatic rings. The molecule has 178 valence electrons. The van der Waals surface area contributed by atoms with E-state index in [2.05, 4.69) is 25.7 Å². The van der Waals surface area contributed by atoms with E-state index in [-0.39, 0.29) is 30.1 Å². The maximum absolute atomic E-state index is 5.95. The van der Waals surface area contributed by atoms with Crippen LogP contribution in [0.2, 0.25) is 5.02 Å². The van der Waals surface area contributed by atoms with Crippen molar-refractivity contribution in [2.24, 2.45) is 12.0 Å². The van der Waals surface area contributed by atoms with E-state index in [1.165, 1.54) is 0 Å². The maximum atomic E-state index is 5.95. The zero-order valence-electron chi connectivity index (χ0n) is 18.9. The van der Waals surface area contributed by atoms with Gasteiger partial charge in [-0.2, -0.15) is 0 Å². The third-order valence-electron chi connectivity index (χ3n) is 5.09. The molecule has 0 radical (unpaired) electrons. The molecule has 9 nitrogen and oxygen atoms in total. The molecule has 0 aliphatic carbocycles. The van der Waals surface area contributed by atoms with E-state index in [9.17, 15) is 0 Å². The normalized spacial score (nSPS) is 15.7. The van der Waals surface area contributed by atoms with Crippen molar-refractivity contribution < 1.29 is 9.47 Å². The average Bonchev–Trinajstić information content (AvgIpc) is 3.10. The van der Waals surface area contributed by atoms with E-state index < -0.39 is 0 Å². The lowest BCUT2D eigenvalue weighted by Crippen LogP contribution is -2.46. The van der Waals surface area contributed by atoms with Gasteiger partial charge in [0.15, 0.2) is 11.8 Å². The Hall–Kier alpha value is -1.63. The van der Waals surface area contributed by atoms with Gasteiger partial charge in [-0.1, -0.05) is 11.6 Å². The van der Waals surface area contributed by atoms with E-state index in [1.807, 2.05) is 49.7 Å². The zero-order valence-corrected chi connectivity index (χ0v) is 22.0. The van der Waals surface area contributed by atoms with Crippen molar-refractivity contribution in [3.63, 3.8) is 0 Å². The van der Waals surface area contributed by atoms with Gasteiger partial charge in [0.1, 0.15) is 24.2 Å². The minimum atomic E-state index is -0.0514. The van der Waals surface area contributed by atoms with Crippen molar-refractivity contribution in [1.29, 1.82) is 0 Å². The van der Waals surface area contributed by atoms with Crippen LogP contribution in [-0.2, 0) is 18.3 Å². The maximum Gasteiger partial charge on any atom is 0.191 e. The van der Waals surface area contributed by atoms with Crippen molar-refractivity contribution in [1.82, 2.24) is 30.3 Å². The first-order valence-corrected chi connectivity index (χ1v) is 11.0. The highest BCUT2D eigenvalue weighted by molar-refractivity contribution is 14.0. The number of aryl methyl sites for hydroxylation is 1. The Balaban J connectivity index is 0.00000363. The molecule has 0 saturated carbocycles. The molecule has 32 heavy (non-hydrogen) atoms. The first kappa shape index (κ1) is 26.6. The summed E-state index contributed by atoms with van der Waals surface area (Å²) in [5.41, 5.74) is 0. The second-order valence-corrected chi connectivity index (χ2v) is 7.97. The van der Waals surface area contributed by atoms with Gasteiger partial charge in [0.2, 0.25) is 0 Å². The monoisotopic (exact) mass is 577 g/mol. The lowest BCUT2D eigenvalue weighted by atomic mass is 10.3. The van der Waals surface area contributed by atoms with E-state index in [4.69, 9.17) is 26.1 Å². The Bertz CT molecular complexity index is 841. The molecule has 2 heterocycles. The Labute approximate surface area is 211 Å². The first-order valence-electron chi connectivity index (χ1n) is 10.6. The zero-order chi connectivity index (χ0) is 22.1. The van der Waals surface area contributed by atoms with Crippen LogP contribution in [0.5, 0.6) is 5.75 Å². The average molecular weight is 578 g/mol. The fourth-order valence-electron chi connectivity index (χ4n) is 3.10. The van der Waals surface area contributed by atoms with Crippen molar-refractivity contribution >= 4 is 41.5 Å². The van der Waals surface area contributed by atoms with E-state index in [1.54, 1.807) is 0 Å². The number of hydrogen-bond acceptors (Lipinski definition) is 6. The lowest BCUT2D eigenvalue weighted by molar-refractivity contribution is 0.0389. The molecule has 1 atom stereocenters. The fraction of sp³-hybridized carbons (Fsp3) is 0.571. The summed E-state index contributed by atoms with van der Waals surface area (Å²) in [5.74, 6) is 3.19. The van der Waals surface area contributed by atoms with Crippen LogP contribution in [0, 0.1) is 6.92 Å². The number of benzene rings is 1. The SMILES string of the molecule is Cc1nnc(CN=C(NCCN2CCOCC2)NCC(C)Oc2ccc(Cl)cc2)n1C.I. The molecule has 1 unspecified atom stereocenters. The number of nitrogens with one attached hydrogen (secondary N) is 2. The van der Waals surface area contributed by atoms with Crippen LogP contribution in [0.3, 0.4) is 0 Å². The second-order valence-electron chi connectivity index (χ2n) is 7.53. The summed E-state index contributed by atoms with van der Waals surface area (Å²) in [6.45, 7) is 10.2. The molecule has 0 bridgehead atoms. The van der Waals surface area contributed by atoms with Crippen LogP contribution in [0.1, 0.15) is 18.6 Å². The molecule has 0 spiro atoms. The van der Waals surface area contributed by atoms with Crippen molar-refractivity contribution in [3.05, 3.63) is 40.9 Å². The summed E-state index contributed by atoms with van der Waals surface area (Å²) in [6.07, 6.45) is -0.0514. The summed E-state index contributed by atoms with van der Waals surface area (Å²) in [5, 5.41) is 15.8. The highest BCUT2D eigenvalue weighted by Crippen LogP contribution is 2.16. The highest BCUT2D eigenvalue weighted by atomic mass is 127. The Morgan fingerprint density at radius 2 is 1.94 bits per heavy atom. The predicted molar refractivity (Wildman–Crippen MR) is 137 cm³/mol. The Kier molecular flexibility index (Phi) is 11.5. The topological polar surface area (TPSA) is 88.8 Å². The molecule has 11 heteroatoms. The number of nitrogens with zero attached hydrogens (tertiary/aromatic N) is 5. The van der Waals surface area contributed by atoms with Gasteiger partial charge < -0.3 is 24.7 Å². The first-order chi connectivity index (χ1) is 15.0. The standard InChI is InChI=1S/C21H32ClN7O2.HI/c1-16(31-19-6-4-18(22)5-7-19)14-24-21(23-8-9-29-10-12-30-13-11-29)25-15-20-27-26-17(2)28(20)3;/h4-7,16H,8-15H2,1-3H3,(H2,23,24,25);1H. The predicted octanol–water partition coefficient (Wildman–Crippen LogP) is 2.23. The van der Waals surface area contributed by atoms with Gasteiger partial charge >= 0.3 is 0 Å². The van der Waals surface area contributed by atoms with Crippen molar-refractivity contribution in [2.45, 2.75) is 26.5 Å². The number of ether oxygens (including phenoxy) is 2. The number of aliphatic imine (C=N–C) groups is 1. The quantitative estimate of drug-likeness (QED) is 0.269. The summed E-state index contributed by atoms with van der Waals surface area (Å²) in [6, 6.07) is 7.37. The van der Waals surface area contributed by atoms with Crippen LogP contribution in [0.4, 0.5) is 0 Å². The van der Waals surface area contributed by atoms with Crippen LogP contribution in [0.25, 0.3) is 0 Å². The lowest BCUT2D eigenvalue weighted by Gasteiger charge is -2.27. The van der Waals surface area contributed by atoms with Crippen LogP contribution >= 0.6 is 35.6 Å². The molecule has 3 rings (SSSR count). The van der Waals surface area contributed by atoms with Crippen LogP contribution < -0.4 is 15.4 Å².